The number of nitrogens with zero attached hydrogens (tertiary/aromatic N) is 3. The Hall–Kier alpha value is -2.61. The Bertz CT molecular complexity index is 873. The monoisotopic (exact) mass is 360 g/mol. The van der Waals surface area contributed by atoms with Crippen molar-refractivity contribution in [1.82, 2.24) is 20.1 Å². The lowest BCUT2D eigenvalue weighted by atomic mass is 10.2. The van der Waals surface area contributed by atoms with Crippen LogP contribution in [0.2, 0.25) is 0 Å². The van der Waals surface area contributed by atoms with Gasteiger partial charge in [0.1, 0.15) is 11.6 Å². The lowest BCUT2D eigenvalue weighted by Gasteiger charge is -2.06. The number of hydrogen-bond acceptors (Lipinski definition) is 5. The second-order valence-electron chi connectivity index (χ2n) is 5.45. The predicted molar refractivity (Wildman–Crippen MR) is 92.4 cm³/mol. The summed E-state index contributed by atoms with van der Waals surface area (Å²) in [6, 6.07) is 7.86. The molecule has 0 unspecified atom stereocenters. The molecule has 1 N–H and O–H groups in total. The van der Waals surface area contributed by atoms with E-state index in [4.69, 9.17) is 4.42 Å². The summed E-state index contributed by atoms with van der Waals surface area (Å²) >= 11 is 1.30. The number of halogens is 1. The molecule has 3 rings (SSSR count). The first-order chi connectivity index (χ1) is 12.0. The van der Waals surface area contributed by atoms with Crippen LogP contribution in [0.4, 0.5) is 4.39 Å². The standard InChI is InChI=1S/C17H17FN4O2S/c1-11-14(7-8-24-11)16-20-21-17(22(16)2)25-10-15(23)19-9-12-3-5-13(18)6-4-12/h3-8H,9-10H2,1-2H3,(H,19,23). The molecule has 0 spiro atoms. The Balaban J connectivity index is 1.55. The molecule has 0 bridgehead atoms. The minimum Gasteiger partial charge on any atom is -0.469 e. The van der Waals surface area contributed by atoms with Gasteiger partial charge in [0.15, 0.2) is 11.0 Å². The first-order valence-electron chi connectivity index (χ1n) is 7.62. The van der Waals surface area contributed by atoms with E-state index in [0.717, 1.165) is 16.9 Å². The lowest BCUT2D eigenvalue weighted by Crippen LogP contribution is -2.24. The van der Waals surface area contributed by atoms with E-state index in [2.05, 4.69) is 15.5 Å². The summed E-state index contributed by atoms with van der Waals surface area (Å²) in [5.41, 5.74) is 1.72. The maximum Gasteiger partial charge on any atom is 0.230 e. The van der Waals surface area contributed by atoms with Gasteiger partial charge >= 0.3 is 0 Å². The molecule has 0 saturated carbocycles. The van der Waals surface area contributed by atoms with E-state index in [1.54, 1.807) is 18.4 Å². The quantitative estimate of drug-likeness (QED) is 0.684. The van der Waals surface area contributed by atoms with E-state index in [-0.39, 0.29) is 17.5 Å². The predicted octanol–water partition coefficient (Wildman–Crippen LogP) is 2.93. The maximum absolute atomic E-state index is 12.8. The zero-order valence-corrected chi connectivity index (χ0v) is 14.6. The molecule has 0 saturated heterocycles. The highest BCUT2D eigenvalue weighted by molar-refractivity contribution is 7.99. The van der Waals surface area contributed by atoms with Crippen molar-refractivity contribution in [3.05, 3.63) is 53.7 Å². The zero-order valence-electron chi connectivity index (χ0n) is 13.8. The van der Waals surface area contributed by atoms with Gasteiger partial charge in [0.25, 0.3) is 0 Å². The highest BCUT2D eigenvalue weighted by atomic mass is 32.2. The second-order valence-corrected chi connectivity index (χ2v) is 6.39. The Labute approximate surface area is 148 Å². The Morgan fingerprint density at radius 3 is 2.72 bits per heavy atom. The third kappa shape index (κ3) is 4.08. The molecule has 2 heterocycles. The van der Waals surface area contributed by atoms with E-state index in [1.807, 2.05) is 24.6 Å². The van der Waals surface area contributed by atoms with Crippen LogP contribution in [0.1, 0.15) is 11.3 Å². The molecule has 0 radical (unpaired) electrons. The molecule has 3 aromatic rings. The summed E-state index contributed by atoms with van der Waals surface area (Å²) in [5, 5.41) is 11.7. The van der Waals surface area contributed by atoms with E-state index in [1.165, 1.54) is 23.9 Å². The van der Waals surface area contributed by atoms with Gasteiger partial charge in [0, 0.05) is 13.6 Å². The topological polar surface area (TPSA) is 72.9 Å². The smallest absolute Gasteiger partial charge is 0.230 e. The number of carbonyl (C=O) groups is 1. The van der Waals surface area contributed by atoms with E-state index < -0.39 is 0 Å². The number of rotatable bonds is 6. The van der Waals surface area contributed by atoms with Gasteiger partial charge in [-0.2, -0.15) is 0 Å². The number of benzene rings is 1. The SMILES string of the molecule is Cc1occc1-c1nnc(SCC(=O)NCc2ccc(F)cc2)n1C. The van der Waals surface area contributed by atoms with Crippen molar-refractivity contribution < 1.29 is 13.6 Å². The molecule has 1 amide bonds. The Kier molecular flexibility index (Phi) is 5.18. The summed E-state index contributed by atoms with van der Waals surface area (Å²) in [4.78, 5) is 12.0. The van der Waals surface area contributed by atoms with E-state index in [0.29, 0.717) is 17.5 Å². The molecule has 25 heavy (non-hydrogen) atoms. The van der Waals surface area contributed by atoms with Crippen LogP contribution in [0, 0.1) is 12.7 Å². The molecule has 0 fully saturated rings. The van der Waals surface area contributed by atoms with Crippen LogP contribution < -0.4 is 5.32 Å². The van der Waals surface area contributed by atoms with Crippen molar-refractivity contribution >= 4 is 17.7 Å². The maximum atomic E-state index is 12.8. The van der Waals surface area contributed by atoms with E-state index >= 15 is 0 Å². The minimum absolute atomic E-state index is 0.127. The van der Waals surface area contributed by atoms with Crippen molar-refractivity contribution in [3.63, 3.8) is 0 Å². The fourth-order valence-electron chi connectivity index (χ4n) is 2.28. The number of furan rings is 1. The third-order valence-corrected chi connectivity index (χ3v) is 4.69. The summed E-state index contributed by atoms with van der Waals surface area (Å²) in [6.07, 6.45) is 1.61. The summed E-state index contributed by atoms with van der Waals surface area (Å²) in [6.45, 7) is 2.22. The number of hydrogen-bond donors (Lipinski definition) is 1. The van der Waals surface area contributed by atoms with Crippen LogP contribution in [0.3, 0.4) is 0 Å². The third-order valence-electron chi connectivity index (χ3n) is 3.67. The van der Waals surface area contributed by atoms with Gasteiger partial charge in [-0.3, -0.25) is 4.79 Å². The summed E-state index contributed by atoms with van der Waals surface area (Å²) in [5.74, 6) is 1.26. The molecular formula is C17H17FN4O2S. The van der Waals surface area contributed by atoms with Crippen molar-refractivity contribution in [2.45, 2.75) is 18.6 Å². The van der Waals surface area contributed by atoms with Crippen molar-refractivity contribution in [3.8, 4) is 11.4 Å². The van der Waals surface area contributed by atoms with Gasteiger partial charge in [0.2, 0.25) is 5.91 Å². The molecule has 8 heteroatoms. The minimum atomic E-state index is -0.295. The van der Waals surface area contributed by atoms with Crippen LogP contribution in [-0.2, 0) is 18.4 Å². The van der Waals surface area contributed by atoms with Crippen molar-refractivity contribution in [2.75, 3.05) is 5.75 Å². The number of aryl methyl sites for hydroxylation is 1. The fourth-order valence-corrected chi connectivity index (χ4v) is 3.02. The molecule has 0 aliphatic carbocycles. The summed E-state index contributed by atoms with van der Waals surface area (Å²) in [7, 11) is 1.85. The van der Waals surface area contributed by atoms with Crippen LogP contribution in [0.25, 0.3) is 11.4 Å². The number of thioether (sulfide) groups is 1. The number of nitrogens with one attached hydrogen (secondary N) is 1. The molecule has 130 valence electrons. The average molecular weight is 360 g/mol. The number of aromatic nitrogens is 3. The van der Waals surface area contributed by atoms with Gasteiger partial charge in [-0.25, -0.2) is 4.39 Å². The van der Waals surface area contributed by atoms with Gasteiger partial charge in [0.05, 0.1) is 17.6 Å². The summed E-state index contributed by atoms with van der Waals surface area (Å²) < 4.78 is 20.0. The molecule has 0 atom stereocenters. The van der Waals surface area contributed by atoms with Gasteiger partial charge in [-0.15, -0.1) is 10.2 Å². The highest BCUT2D eigenvalue weighted by Gasteiger charge is 2.15. The molecule has 2 aromatic heterocycles. The van der Waals surface area contributed by atoms with Crippen LogP contribution >= 0.6 is 11.8 Å². The average Bonchev–Trinajstić information content (AvgIpc) is 3.18. The molecule has 6 nitrogen and oxygen atoms in total. The lowest BCUT2D eigenvalue weighted by molar-refractivity contribution is -0.118. The first-order valence-corrected chi connectivity index (χ1v) is 8.61. The molecule has 1 aromatic carbocycles. The van der Waals surface area contributed by atoms with Gasteiger partial charge in [-0.1, -0.05) is 23.9 Å². The molecule has 0 aliphatic rings. The fraction of sp³-hybridized carbons (Fsp3) is 0.235. The van der Waals surface area contributed by atoms with Crippen LogP contribution in [0.5, 0.6) is 0 Å². The first kappa shape index (κ1) is 17.2. The normalized spacial score (nSPS) is 10.8. The highest BCUT2D eigenvalue weighted by Crippen LogP contribution is 2.25. The molecule has 0 aliphatic heterocycles. The second kappa shape index (κ2) is 7.52. The number of carbonyl (C=O) groups excluding carboxylic acids is 1. The van der Waals surface area contributed by atoms with Crippen LogP contribution in [-0.4, -0.2) is 26.4 Å². The van der Waals surface area contributed by atoms with Crippen molar-refractivity contribution in [2.24, 2.45) is 7.05 Å². The van der Waals surface area contributed by atoms with Crippen molar-refractivity contribution in [1.29, 1.82) is 0 Å². The largest absolute Gasteiger partial charge is 0.469 e. The van der Waals surface area contributed by atoms with Gasteiger partial charge in [-0.05, 0) is 30.7 Å². The zero-order chi connectivity index (χ0) is 17.8. The Morgan fingerprint density at radius 1 is 1.28 bits per heavy atom. The number of amides is 1. The van der Waals surface area contributed by atoms with Crippen LogP contribution in [0.15, 0.2) is 46.2 Å². The van der Waals surface area contributed by atoms with E-state index in [9.17, 15) is 9.18 Å². The molecular weight excluding hydrogens is 343 g/mol. The Morgan fingerprint density at radius 2 is 2.04 bits per heavy atom. The van der Waals surface area contributed by atoms with Gasteiger partial charge < -0.3 is 14.3 Å².